The van der Waals surface area contributed by atoms with E-state index < -0.39 is 0 Å². The number of rotatable bonds is 3. The lowest BCUT2D eigenvalue weighted by atomic mass is 9.94. The van der Waals surface area contributed by atoms with Crippen LogP contribution in [0.3, 0.4) is 0 Å². The molecule has 0 saturated heterocycles. The summed E-state index contributed by atoms with van der Waals surface area (Å²) in [5, 5.41) is 3.05. The molecule has 3 rings (SSSR count). The zero-order chi connectivity index (χ0) is 13.9. The molecular weight excluding hydrogens is 286 g/mol. The third kappa shape index (κ3) is 2.54. The Kier molecular flexibility index (Phi) is 3.95. The molecule has 0 aliphatic heterocycles. The van der Waals surface area contributed by atoms with E-state index in [9.17, 15) is 0 Å². The van der Waals surface area contributed by atoms with Gasteiger partial charge < -0.3 is 0 Å². The molecule has 0 aliphatic carbocycles. The van der Waals surface area contributed by atoms with Gasteiger partial charge in [0.1, 0.15) is 5.15 Å². The summed E-state index contributed by atoms with van der Waals surface area (Å²) in [6.07, 6.45) is 3.89. The molecule has 0 N–H and O–H groups in total. The third-order valence-electron chi connectivity index (χ3n) is 3.33. The second-order valence-electron chi connectivity index (χ2n) is 4.62. The number of aromatic nitrogens is 1. The van der Waals surface area contributed by atoms with Crippen molar-refractivity contribution in [1.29, 1.82) is 0 Å². The average molecular weight is 300 g/mol. The van der Waals surface area contributed by atoms with E-state index in [-0.39, 0.29) is 0 Å². The van der Waals surface area contributed by atoms with Crippen LogP contribution in [-0.2, 0) is 5.75 Å². The number of fused-ring (bicyclic) bond motifs is 1. The van der Waals surface area contributed by atoms with E-state index in [1.807, 2.05) is 23.9 Å². The molecule has 0 amide bonds. The first-order valence-electron chi connectivity index (χ1n) is 6.41. The van der Waals surface area contributed by atoms with Crippen LogP contribution in [0.15, 0.2) is 54.7 Å². The summed E-state index contributed by atoms with van der Waals surface area (Å²) in [5.74, 6) is 0.986. The largest absolute Gasteiger partial charge is 0.245 e. The van der Waals surface area contributed by atoms with Crippen molar-refractivity contribution in [2.24, 2.45) is 0 Å². The van der Waals surface area contributed by atoms with Crippen LogP contribution in [0.1, 0.15) is 5.56 Å². The first kappa shape index (κ1) is 13.5. The van der Waals surface area contributed by atoms with Gasteiger partial charge in [0.25, 0.3) is 0 Å². The fraction of sp³-hybridized carbons (Fsp3) is 0.118. The Morgan fingerprint density at radius 3 is 2.75 bits per heavy atom. The van der Waals surface area contributed by atoms with Gasteiger partial charge in [0, 0.05) is 11.9 Å². The molecule has 20 heavy (non-hydrogen) atoms. The summed E-state index contributed by atoms with van der Waals surface area (Å²) in [7, 11) is 0. The normalized spacial score (nSPS) is 10.9. The number of thioether (sulfide) groups is 1. The Balaban J connectivity index is 2.32. The minimum absolute atomic E-state index is 0.533. The molecule has 0 aliphatic rings. The standard InChI is InChI=1S/C17H14ClNS/c1-20-11-14-7-6-12-4-2-3-5-15(12)17(14)13-8-9-19-16(18)10-13/h2-10H,11H2,1H3. The third-order valence-corrected chi connectivity index (χ3v) is 4.14. The summed E-state index contributed by atoms with van der Waals surface area (Å²) in [4.78, 5) is 4.08. The lowest BCUT2D eigenvalue weighted by Crippen LogP contribution is -1.90. The molecule has 3 heteroatoms. The van der Waals surface area contributed by atoms with Crippen LogP contribution < -0.4 is 0 Å². The minimum Gasteiger partial charge on any atom is -0.245 e. The summed E-state index contributed by atoms with van der Waals surface area (Å²) in [6.45, 7) is 0. The maximum absolute atomic E-state index is 6.06. The Bertz CT molecular complexity index is 755. The second kappa shape index (κ2) is 5.86. The smallest absolute Gasteiger partial charge is 0.129 e. The van der Waals surface area contributed by atoms with Gasteiger partial charge in [0.2, 0.25) is 0 Å². The van der Waals surface area contributed by atoms with Crippen LogP contribution in [-0.4, -0.2) is 11.2 Å². The van der Waals surface area contributed by atoms with E-state index in [0.29, 0.717) is 5.15 Å². The fourth-order valence-corrected chi connectivity index (χ4v) is 3.22. The Morgan fingerprint density at radius 2 is 1.95 bits per heavy atom. The summed E-state index contributed by atoms with van der Waals surface area (Å²) in [6, 6.07) is 16.8. The van der Waals surface area contributed by atoms with Crippen molar-refractivity contribution in [3.05, 3.63) is 65.4 Å². The predicted molar refractivity (Wildman–Crippen MR) is 89.4 cm³/mol. The van der Waals surface area contributed by atoms with Gasteiger partial charge in [0.15, 0.2) is 0 Å². The van der Waals surface area contributed by atoms with E-state index in [2.05, 4.69) is 47.6 Å². The van der Waals surface area contributed by atoms with Crippen LogP contribution in [0.4, 0.5) is 0 Å². The van der Waals surface area contributed by atoms with E-state index >= 15 is 0 Å². The van der Waals surface area contributed by atoms with Crippen molar-refractivity contribution in [3.8, 4) is 11.1 Å². The Morgan fingerprint density at radius 1 is 1.10 bits per heavy atom. The van der Waals surface area contributed by atoms with Gasteiger partial charge in [-0.15, -0.1) is 0 Å². The highest BCUT2D eigenvalue weighted by Gasteiger charge is 2.10. The second-order valence-corrected chi connectivity index (χ2v) is 5.87. The van der Waals surface area contributed by atoms with Crippen LogP contribution in [0.5, 0.6) is 0 Å². The van der Waals surface area contributed by atoms with Crippen molar-refractivity contribution < 1.29 is 0 Å². The quantitative estimate of drug-likeness (QED) is 0.599. The topological polar surface area (TPSA) is 12.9 Å². The molecule has 0 bridgehead atoms. The first-order valence-corrected chi connectivity index (χ1v) is 8.18. The Hall–Kier alpha value is -1.51. The minimum atomic E-state index is 0.533. The van der Waals surface area contributed by atoms with E-state index in [4.69, 9.17) is 11.6 Å². The Labute approximate surface area is 128 Å². The fourth-order valence-electron chi connectivity index (χ4n) is 2.49. The molecular formula is C17H14ClNS. The lowest BCUT2D eigenvalue weighted by Gasteiger charge is -2.13. The molecule has 0 unspecified atom stereocenters. The summed E-state index contributed by atoms with van der Waals surface area (Å²) in [5.41, 5.74) is 3.73. The molecule has 1 nitrogen and oxygen atoms in total. The molecule has 0 fully saturated rings. The van der Waals surface area contributed by atoms with Crippen LogP contribution in [0, 0.1) is 0 Å². The SMILES string of the molecule is CSCc1ccc2ccccc2c1-c1ccnc(Cl)c1. The maximum Gasteiger partial charge on any atom is 0.129 e. The maximum atomic E-state index is 6.06. The molecule has 3 aromatic rings. The number of pyridine rings is 1. The molecule has 100 valence electrons. The molecule has 0 spiro atoms. The number of benzene rings is 2. The van der Waals surface area contributed by atoms with E-state index in [0.717, 1.165) is 11.3 Å². The molecule has 0 atom stereocenters. The van der Waals surface area contributed by atoms with Gasteiger partial charge >= 0.3 is 0 Å². The number of hydrogen-bond donors (Lipinski definition) is 0. The molecule has 1 aromatic heterocycles. The highest BCUT2D eigenvalue weighted by atomic mass is 35.5. The lowest BCUT2D eigenvalue weighted by molar-refractivity contribution is 1.32. The monoisotopic (exact) mass is 299 g/mol. The van der Waals surface area contributed by atoms with Gasteiger partial charge in [-0.25, -0.2) is 4.98 Å². The van der Waals surface area contributed by atoms with Crippen molar-refractivity contribution >= 4 is 34.1 Å². The van der Waals surface area contributed by atoms with Crippen molar-refractivity contribution in [2.75, 3.05) is 6.26 Å². The van der Waals surface area contributed by atoms with Gasteiger partial charge in [-0.05, 0) is 45.9 Å². The average Bonchev–Trinajstić information content (AvgIpc) is 2.47. The van der Waals surface area contributed by atoms with Gasteiger partial charge in [-0.3, -0.25) is 0 Å². The van der Waals surface area contributed by atoms with Crippen LogP contribution in [0.25, 0.3) is 21.9 Å². The number of hydrogen-bond acceptors (Lipinski definition) is 2. The van der Waals surface area contributed by atoms with Gasteiger partial charge in [-0.2, -0.15) is 11.8 Å². The number of nitrogens with zero attached hydrogens (tertiary/aromatic N) is 1. The zero-order valence-corrected chi connectivity index (χ0v) is 12.7. The number of halogens is 1. The zero-order valence-electron chi connectivity index (χ0n) is 11.1. The summed E-state index contributed by atoms with van der Waals surface area (Å²) < 4.78 is 0. The van der Waals surface area contributed by atoms with Crippen molar-refractivity contribution in [2.45, 2.75) is 5.75 Å². The van der Waals surface area contributed by atoms with Gasteiger partial charge in [-0.1, -0.05) is 48.0 Å². The van der Waals surface area contributed by atoms with E-state index in [1.54, 1.807) is 6.20 Å². The van der Waals surface area contributed by atoms with Crippen LogP contribution >= 0.6 is 23.4 Å². The summed E-state index contributed by atoms with van der Waals surface area (Å²) >= 11 is 7.89. The highest BCUT2D eigenvalue weighted by Crippen LogP contribution is 2.34. The first-order chi connectivity index (χ1) is 9.79. The van der Waals surface area contributed by atoms with Crippen molar-refractivity contribution in [1.82, 2.24) is 4.98 Å². The molecule has 0 radical (unpaired) electrons. The van der Waals surface area contributed by atoms with Crippen molar-refractivity contribution in [3.63, 3.8) is 0 Å². The highest BCUT2D eigenvalue weighted by molar-refractivity contribution is 7.97. The van der Waals surface area contributed by atoms with Gasteiger partial charge in [0.05, 0.1) is 0 Å². The van der Waals surface area contributed by atoms with E-state index in [1.165, 1.54) is 21.9 Å². The van der Waals surface area contributed by atoms with Crippen LogP contribution in [0.2, 0.25) is 5.15 Å². The predicted octanol–water partition coefficient (Wildman–Crippen LogP) is 5.42. The molecule has 1 heterocycles. The molecule has 2 aromatic carbocycles. The molecule has 0 saturated carbocycles.